The maximum atomic E-state index is 13.1. The number of thiophene rings is 1. The largest absolute Gasteiger partial charge is 0.417 e. The molecule has 0 aliphatic heterocycles. The third-order valence-corrected chi connectivity index (χ3v) is 5.15. The van der Waals surface area contributed by atoms with Crippen molar-refractivity contribution in [2.24, 2.45) is 0 Å². The van der Waals surface area contributed by atoms with E-state index in [9.17, 15) is 18.4 Å². The lowest BCUT2D eigenvalue weighted by atomic mass is 9.99. The number of thioether (sulfide) groups is 1. The van der Waals surface area contributed by atoms with Crippen LogP contribution in [0.3, 0.4) is 0 Å². The van der Waals surface area contributed by atoms with Crippen molar-refractivity contribution in [3.05, 3.63) is 39.7 Å². The number of benzene rings is 1. The normalized spacial score (nSPS) is 11.4. The van der Waals surface area contributed by atoms with Crippen LogP contribution in [0.25, 0.3) is 11.1 Å². The molecule has 7 heteroatoms. The zero-order valence-electron chi connectivity index (χ0n) is 10.1. The molecular weight excluding hydrogens is 327 g/mol. The molecule has 0 aliphatic carbocycles. The van der Waals surface area contributed by atoms with Gasteiger partial charge in [0.1, 0.15) is 10.4 Å². The molecule has 2 aromatic rings. The second kappa shape index (κ2) is 5.68. The van der Waals surface area contributed by atoms with Gasteiger partial charge in [-0.3, -0.25) is 0 Å². The second-order valence-electron chi connectivity index (χ2n) is 3.77. The smallest absolute Gasteiger partial charge is 0.192 e. The monoisotopic (exact) mass is 333 g/mol. The molecule has 0 atom stereocenters. The molecule has 0 N–H and O–H groups in total. The van der Waals surface area contributed by atoms with Crippen LogP contribution in [0.4, 0.5) is 13.2 Å². The van der Waals surface area contributed by atoms with Gasteiger partial charge in [0.05, 0.1) is 15.3 Å². The topological polar surface area (TPSA) is 23.8 Å². The lowest BCUT2D eigenvalue weighted by Gasteiger charge is -2.12. The fourth-order valence-corrected chi connectivity index (χ4v) is 4.04. The molecule has 1 aromatic carbocycles. The van der Waals surface area contributed by atoms with Crippen molar-refractivity contribution in [3.63, 3.8) is 0 Å². The molecule has 1 aromatic heterocycles. The highest BCUT2D eigenvalue weighted by molar-refractivity contribution is 8.00. The van der Waals surface area contributed by atoms with E-state index in [2.05, 4.69) is 0 Å². The van der Waals surface area contributed by atoms with E-state index < -0.39 is 11.7 Å². The second-order valence-corrected chi connectivity index (χ2v) is 6.47. The highest BCUT2D eigenvalue weighted by atomic mass is 35.5. The summed E-state index contributed by atoms with van der Waals surface area (Å²) in [4.78, 5) is 0. The van der Waals surface area contributed by atoms with Crippen LogP contribution < -0.4 is 0 Å². The molecule has 0 saturated carbocycles. The summed E-state index contributed by atoms with van der Waals surface area (Å²) in [6, 6.07) is 7.09. The number of alkyl halides is 3. The van der Waals surface area contributed by atoms with Crippen LogP contribution in [-0.2, 0) is 6.18 Å². The van der Waals surface area contributed by atoms with Crippen LogP contribution in [-0.4, -0.2) is 6.26 Å². The predicted molar refractivity (Wildman–Crippen MR) is 76.3 cm³/mol. The zero-order chi connectivity index (χ0) is 14.9. The Bertz CT molecular complexity index is 686. The van der Waals surface area contributed by atoms with Gasteiger partial charge in [0, 0.05) is 5.56 Å². The maximum absolute atomic E-state index is 13.1. The molecule has 104 valence electrons. The van der Waals surface area contributed by atoms with Gasteiger partial charge in [-0.15, -0.1) is 23.1 Å². The van der Waals surface area contributed by atoms with Gasteiger partial charge >= 0.3 is 6.18 Å². The first-order chi connectivity index (χ1) is 9.40. The van der Waals surface area contributed by atoms with Crippen molar-refractivity contribution in [2.45, 2.75) is 10.4 Å². The lowest BCUT2D eigenvalue weighted by molar-refractivity contribution is -0.137. The third kappa shape index (κ3) is 2.66. The Morgan fingerprint density at radius 1 is 1.30 bits per heavy atom. The minimum Gasteiger partial charge on any atom is -0.192 e. The summed E-state index contributed by atoms with van der Waals surface area (Å²) in [5, 5.41) is 9.20. The van der Waals surface area contributed by atoms with Crippen molar-refractivity contribution in [3.8, 4) is 17.2 Å². The van der Waals surface area contributed by atoms with E-state index in [0.29, 0.717) is 4.21 Å². The third-order valence-electron chi connectivity index (χ3n) is 2.63. The molecule has 0 fully saturated rings. The Kier molecular flexibility index (Phi) is 4.33. The summed E-state index contributed by atoms with van der Waals surface area (Å²) in [6.07, 6.45) is -2.74. The van der Waals surface area contributed by atoms with Crippen LogP contribution in [0.1, 0.15) is 11.1 Å². The Morgan fingerprint density at radius 3 is 2.50 bits per heavy atom. The van der Waals surface area contributed by atoms with Gasteiger partial charge in [0.15, 0.2) is 0 Å². The fourth-order valence-electron chi connectivity index (χ4n) is 1.82. The number of hydrogen-bond acceptors (Lipinski definition) is 3. The zero-order valence-corrected chi connectivity index (χ0v) is 12.5. The van der Waals surface area contributed by atoms with E-state index in [1.165, 1.54) is 30.0 Å². The van der Waals surface area contributed by atoms with E-state index in [0.717, 1.165) is 17.4 Å². The van der Waals surface area contributed by atoms with E-state index in [4.69, 9.17) is 11.6 Å². The van der Waals surface area contributed by atoms with Crippen molar-refractivity contribution in [1.29, 1.82) is 5.26 Å². The Labute approximate surface area is 127 Å². The van der Waals surface area contributed by atoms with Gasteiger partial charge in [-0.25, -0.2) is 0 Å². The first-order valence-corrected chi connectivity index (χ1v) is 7.75. The first-order valence-electron chi connectivity index (χ1n) is 5.33. The minimum atomic E-state index is -4.49. The predicted octanol–water partition coefficient (Wildman–Crippen LogP) is 5.68. The fraction of sp³-hybridized carbons (Fsp3) is 0.154. The van der Waals surface area contributed by atoms with Gasteiger partial charge in [0.2, 0.25) is 0 Å². The molecule has 0 amide bonds. The Hall–Kier alpha value is -1.16. The lowest BCUT2D eigenvalue weighted by Crippen LogP contribution is -2.07. The summed E-state index contributed by atoms with van der Waals surface area (Å²) in [5.41, 5.74) is -0.484. The number of nitriles is 1. The molecule has 0 saturated heterocycles. The van der Waals surface area contributed by atoms with Gasteiger partial charge in [-0.2, -0.15) is 18.4 Å². The van der Waals surface area contributed by atoms with Crippen molar-refractivity contribution in [2.75, 3.05) is 6.26 Å². The molecular formula is C13H7ClF3NS2. The number of hydrogen-bond donors (Lipinski definition) is 0. The SMILES string of the molecule is CSc1sc(Cl)c(-c2ccccc2C(F)(F)F)c1C#N. The van der Waals surface area contributed by atoms with E-state index in [1.807, 2.05) is 6.07 Å². The van der Waals surface area contributed by atoms with Crippen molar-refractivity contribution >= 4 is 34.7 Å². The number of nitrogens with zero attached hydrogens (tertiary/aromatic N) is 1. The van der Waals surface area contributed by atoms with E-state index in [-0.39, 0.29) is 21.0 Å². The van der Waals surface area contributed by atoms with Crippen LogP contribution in [0.2, 0.25) is 4.34 Å². The van der Waals surface area contributed by atoms with Crippen LogP contribution >= 0.6 is 34.7 Å². The number of halogens is 4. The molecule has 0 spiro atoms. The molecule has 0 unspecified atom stereocenters. The van der Waals surface area contributed by atoms with E-state index in [1.54, 1.807) is 6.26 Å². The molecule has 1 heterocycles. The van der Waals surface area contributed by atoms with Crippen LogP contribution in [0, 0.1) is 11.3 Å². The minimum absolute atomic E-state index is 0.0573. The van der Waals surface area contributed by atoms with Crippen LogP contribution in [0.5, 0.6) is 0 Å². The average Bonchev–Trinajstić information content (AvgIpc) is 2.73. The molecule has 2 rings (SSSR count). The van der Waals surface area contributed by atoms with Crippen LogP contribution in [0.15, 0.2) is 28.5 Å². The standard InChI is InChI=1S/C13H7ClF3NS2/c1-19-12-8(6-18)10(11(14)20-12)7-4-2-3-5-9(7)13(15,16)17/h2-5H,1H3. The molecule has 0 bridgehead atoms. The average molecular weight is 334 g/mol. The summed E-state index contributed by atoms with van der Waals surface area (Å²) in [6.45, 7) is 0. The Balaban J connectivity index is 2.77. The summed E-state index contributed by atoms with van der Waals surface area (Å²) < 4.78 is 40.0. The van der Waals surface area contributed by atoms with Gasteiger partial charge in [0.25, 0.3) is 0 Å². The first kappa shape index (κ1) is 15.2. The highest BCUT2D eigenvalue weighted by Crippen LogP contribution is 2.47. The highest BCUT2D eigenvalue weighted by Gasteiger charge is 2.35. The Morgan fingerprint density at radius 2 is 1.95 bits per heavy atom. The molecule has 1 nitrogen and oxygen atoms in total. The molecule has 20 heavy (non-hydrogen) atoms. The summed E-state index contributed by atoms with van der Waals surface area (Å²) >= 11 is 8.46. The van der Waals surface area contributed by atoms with Gasteiger partial charge in [-0.05, 0) is 17.9 Å². The maximum Gasteiger partial charge on any atom is 0.417 e. The van der Waals surface area contributed by atoms with Crippen molar-refractivity contribution in [1.82, 2.24) is 0 Å². The number of rotatable bonds is 2. The summed E-state index contributed by atoms with van der Waals surface area (Å²) in [5.74, 6) is 0. The van der Waals surface area contributed by atoms with E-state index >= 15 is 0 Å². The van der Waals surface area contributed by atoms with Crippen molar-refractivity contribution < 1.29 is 13.2 Å². The van der Waals surface area contributed by atoms with Gasteiger partial charge < -0.3 is 0 Å². The molecule has 0 aliphatic rings. The van der Waals surface area contributed by atoms with Gasteiger partial charge in [-0.1, -0.05) is 29.8 Å². The summed E-state index contributed by atoms with van der Waals surface area (Å²) in [7, 11) is 0. The quantitative estimate of drug-likeness (QED) is 0.660. The molecule has 0 radical (unpaired) electrons.